The molecule has 4 rings (SSSR count). The van der Waals surface area contributed by atoms with E-state index in [1.165, 1.54) is 0 Å². The molecule has 134 valence electrons. The first-order valence-electron chi connectivity index (χ1n) is 8.68. The summed E-state index contributed by atoms with van der Waals surface area (Å²) in [5, 5.41) is 9.53. The molecule has 0 radical (unpaired) electrons. The molecule has 4 nitrogen and oxygen atoms in total. The van der Waals surface area contributed by atoms with E-state index >= 15 is 0 Å². The highest BCUT2D eigenvalue weighted by molar-refractivity contribution is 5.94. The highest BCUT2D eigenvalue weighted by Crippen LogP contribution is 2.49. The monoisotopic (exact) mass is 357 g/mol. The van der Waals surface area contributed by atoms with Crippen LogP contribution >= 0.6 is 0 Å². The van der Waals surface area contributed by atoms with Gasteiger partial charge in [-0.05, 0) is 71.2 Å². The Morgan fingerprint density at radius 3 is 2.41 bits per heavy atom. The molecule has 1 heterocycles. The first-order valence-corrected chi connectivity index (χ1v) is 8.68. The summed E-state index contributed by atoms with van der Waals surface area (Å²) in [7, 11) is 3.32. The number of nitriles is 1. The summed E-state index contributed by atoms with van der Waals surface area (Å²) in [6, 6.07) is 16.0. The Hall–Kier alpha value is -3.45. The number of methoxy groups -OCH3 is 2. The minimum atomic E-state index is -0.160. The lowest BCUT2D eigenvalue weighted by atomic mass is 9.87. The van der Waals surface area contributed by atoms with Crippen molar-refractivity contribution >= 4 is 11.6 Å². The van der Waals surface area contributed by atoms with Gasteiger partial charge in [-0.15, -0.1) is 0 Å². The van der Waals surface area contributed by atoms with Crippen LogP contribution in [0.25, 0.3) is 11.6 Å². The first-order chi connectivity index (χ1) is 13.2. The molecule has 0 saturated heterocycles. The summed E-state index contributed by atoms with van der Waals surface area (Å²) in [5.41, 5.74) is 6.07. The first kappa shape index (κ1) is 17.0. The quantitative estimate of drug-likeness (QED) is 0.647. The summed E-state index contributed by atoms with van der Waals surface area (Å²) < 4.78 is 16.5. The van der Waals surface area contributed by atoms with E-state index in [-0.39, 0.29) is 5.92 Å². The van der Waals surface area contributed by atoms with E-state index in [4.69, 9.17) is 13.9 Å². The van der Waals surface area contributed by atoms with E-state index in [0.717, 1.165) is 39.3 Å². The van der Waals surface area contributed by atoms with Crippen molar-refractivity contribution in [1.29, 1.82) is 5.26 Å². The van der Waals surface area contributed by atoms with Crippen molar-refractivity contribution in [2.75, 3.05) is 14.2 Å². The van der Waals surface area contributed by atoms with Crippen molar-refractivity contribution in [3.8, 4) is 17.6 Å². The van der Waals surface area contributed by atoms with Crippen molar-refractivity contribution in [3.63, 3.8) is 0 Å². The normalized spacial score (nSPS) is 15.0. The van der Waals surface area contributed by atoms with E-state index < -0.39 is 0 Å². The molecule has 1 aliphatic carbocycles. The summed E-state index contributed by atoms with van der Waals surface area (Å²) >= 11 is 0. The van der Waals surface area contributed by atoms with Crippen molar-refractivity contribution in [1.82, 2.24) is 0 Å². The fourth-order valence-corrected chi connectivity index (χ4v) is 3.70. The summed E-state index contributed by atoms with van der Waals surface area (Å²) in [6.07, 6.45) is 3.75. The van der Waals surface area contributed by atoms with E-state index in [0.29, 0.717) is 11.3 Å². The Balaban J connectivity index is 1.92. The molecular weight excluding hydrogens is 338 g/mol. The van der Waals surface area contributed by atoms with Crippen molar-refractivity contribution in [2.45, 2.75) is 12.8 Å². The van der Waals surface area contributed by atoms with Gasteiger partial charge in [-0.1, -0.05) is 12.1 Å². The second kappa shape index (κ2) is 6.69. The average Bonchev–Trinajstić information content (AvgIpc) is 3.31. The predicted octanol–water partition coefficient (Wildman–Crippen LogP) is 5.16. The molecule has 27 heavy (non-hydrogen) atoms. The van der Waals surface area contributed by atoms with Crippen LogP contribution in [0.2, 0.25) is 0 Å². The number of aryl methyl sites for hydroxylation is 1. The van der Waals surface area contributed by atoms with Crippen LogP contribution in [0.4, 0.5) is 0 Å². The number of hydrogen-bond donors (Lipinski definition) is 0. The number of rotatable bonds is 4. The lowest BCUT2D eigenvalue weighted by Crippen LogP contribution is -2.03. The molecule has 0 saturated carbocycles. The van der Waals surface area contributed by atoms with Gasteiger partial charge in [0.1, 0.15) is 23.3 Å². The van der Waals surface area contributed by atoms with Gasteiger partial charge in [-0.3, -0.25) is 0 Å². The fraction of sp³-hybridized carbons (Fsp3) is 0.174. The molecule has 1 aromatic heterocycles. The zero-order valence-electron chi connectivity index (χ0n) is 15.4. The minimum absolute atomic E-state index is 0.160. The molecular formula is C23H19NO3. The largest absolute Gasteiger partial charge is 0.497 e. The van der Waals surface area contributed by atoms with Crippen LogP contribution in [0, 0.1) is 18.3 Å². The number of furan rings is 1. The van der Waals surface area contributed by atoms with Crippen molar-refractivity contribution < 1.29 is 13.9 Å². The number of allylic oxidation sites excluding steroid dienone is 1. The molecule has 0 bridgehead atoms. The van der Waals surface area contributed by atoms with E-state index in [9.17, 15) is 5.26 Å². The van der Waals surface area contributed by atoms with Crippen LogP contribution in [0.15, 0.2) is 53.1 Å². The van der Waals surface area contributed by atoms with Gasteiger partial charge in [0.15, 0.2) is 0 Å². The van der Waals surface area contributed by atoms with E-state index in [1.54, 1.807) is 26.5 Å². The predicted molar refractivity (Wildman–Crippen MR) is 104 cm³/mol. The highest BCUT2D eigenvalue weighted by Gasteiger charge is 2.33. The third-order valence-electron chi connectivity index (χ3n) is 5.05. The van der Waals surface area contributed by atoms with Gasteiger partial charge in [0.25, 0.3) is 0 Å². The van der Waals surface area contributed by atoms with Crippen LogP contribution in [0.1, 0.15) is 39.5 Å². The van der Waals surface area contributed by atoms with Gasteiger partial charge < -0.3 is 13.9 Å². The molecule has 0 N–H and O–H groups in total. The molecule has 1 unspecified atom stereocenters. The third kappa shape index (κ3) is 2.78. The van der Waals surface area contributed by atoms with Gasteiger partial charge in [-0.2, -0.15) is 5.26 Å². The number of hydrogen-bond acceptors (Lipinski definition) is 4. The number of ether oxygens (including phenoxy) is 2. The lowest BCUT2D eigenvalue weighted by Gasteiger charge is -2.17. The van der Waals surface area contributed by atoms with Gasteiger partial charge in [0.05, 0.1) is 32.0 Å². The van der Waals surface area contributed by atoms with E-state index in [2.05, 4.69) is 19.1 Å². The maximum atomic E-state index is 9.53. The molecule has 0 amide bonds. The Bertz CT molecular complexity index is 1070. The van der Waals surface area contributed by atoms with E-state index in [1.807, 2.05) is 36.4 Å². The Labute approximate surface area is 158 Å². The van der Waals surface area contributed by atoms with Gasteiger partial charge in [0.2, 0.25) is 0 Å². The van der Waals surface area contributed by atoms with Crippen LogP contribution in [-0.4, -0.2) is 14.2 Å². The SMILES string of the molecule is COc1ccc(C2=Cc3c(C)cc(OC)cc3C2c2occc2C#N)cc1. The Kier molecular flexibility index (Phi) is 4.21. The average molecular weight is 357 g/mol. The van der Waals surface area contributed by atoms with Crippen LogP contribution < -0.4 is 9.47 Å². The molecule has 2 aromatic carbocycles. The molecule has 1 atom stereocenters. The Morgan fingerprint density at radius 2 is 1.74 bits per heavy atom. The summed E-state index contributed by atoms with van der Waals surface area (Å²) in [4.78, 5) is 0. The van der Waals surface area contributed by atoms with Gasteiger partial charge in [0, 0.05) is 0 Å². The number of fused-ring (bicyclic) bond motifs is 1. The highest BCUT2D eigenvalue weighted by atomic mass is 16.5. The maximum absolute atomic E-state index is 9.53. The zero-order valence-corrected chi connectivity index (χ0v) is 15.4. The van der Waals surface area contributed by atoms with Crippen LogP contribution in [0.5, 0.6) is 11.5 Å². The maximum Gasteiger partial charge on any atom is 0.133 e. The van der Waals surface area contributed by atoms with Gasteiger partial charge in [-0.25, -0.2) is 0 Å². The van der Waals surface area contributed by atoms with Gasteiger partial charge >= 0.3 is 0 Å². The molecule has 1 aliphatic rings. The lowest BCUT2D eigenvalue weighted by molar-refractivity contribution is 0.413. The zero-order chi connectivity index (χ0) is 19.0. The molecule has 0 aliphatic heterocycles. The molecule has 0 spiro atoms. The molecule has 4 heteroatoms. The second-order valence-electron chi connectivity index (χ2n) is 6.52. The van der Waals surface area contributed by atoms with Crippen molar-refractivity contribution in [2.24, 2.45) is 0 Å². The number of benzene rings is 2. The third-order valence-corrected chi connectivity index (χ3v) is 5.05. The van der Waals surface area contributed by atoms with Crippen LogP contribution in [0.3, 0.4) is 0 Å². The topological polar surface area (TPSA) is 55.4 Å². The number of nitrogens with zero attached hydrogens (tertiary/aromatic N) is 1. The summed E-state index contributed by atoms with van der Waals surface area (Å²) in [5.74, 6) is 2.10. The molecule has 0 fully saturated rings. The standard InChI is InChI=1S/C23H19NO3/c1-14-10-18(26-3)11-21-19(14)12-20(15-4-6-17(25-2)7-5-15)22(21)23-16(13-24)8-9-27-23/h4-12,22H,1-3H3. The summed E-state index contributed by atoms with van der Waals surface area (Å²) in [6.45, 7) is 2.07. The smallest absolute Gasteiger partial charge is 0.133 e. The molecule has 3 aromatic rings. The Morgan fingerprint density at radius 1 is 1.00 bits per heavy atom. The van der Waals surface area contributed by atoms with Crippen LogP contribution in [-0.2, 0) is 0 Å². The second-order valence-corrected chi connectivity index (χ2v) is 6.52. The minimum Gasteiger partial charge on any atom is -0.497 e. The van der Waals surface area contributed by atoms with Crippen molar-refractivity contribution in [3.05, 3.63) is 82.3 Å². The fourth-order valence-electron chi connectivity index (χ4n) is 3.70.